The number of aromatic nitrogens is 2. The number of nitrogens with zero attached hydrogens (tertiary/aromatic N) is 3. The standard InChI is InChI=1S/C17H22ClN3O2/c1-20-9-13(8-19-20)15-11-21(10-14(15)12-22)6-7-23-17-5-3-2-4-16(17)18/h2-5,8-9,14-15,22H,6-7,10-12H2,1H3/t14-,15-/m0/s1. The fraction of sp³-hybridized carbons (Fsp3) is 0.471. The van der Waals surface area contributed by atoms with Crippen LogP contribution in [0, 0.1) is 5.92 Å². The van der Waals surface area contributed by atoms with Crippen molar-refractivity contribution < 1.29 is 9.84 Å². The van der Waals surface area contributed by atoms with Crippen LogP contribution in [0.1, 0.15) is 11.5 Å². The summed E-state index contributed by atoms with van der Waals surface area (Å²) in [6.45, 7) is 3.40. The molecule has 6 heteroatoms. The van der Waals surface area contributed by atoms with E-state index in [-0.39, 0.29) is 12.5 Å². The number of likely N-dealkylation sites (tertiary alicyclic amines) is 1. The molecule has 3 rings (SSSR count). The lowest BCUT2D eigenvalue weighted by Crippen LogP contribution is -2.26. The van der Waals surface area contributed by atoms with Crippen LogP contribution in [0.4, 0.5) is 0 Å². The molecule has 0 saturated carbocycles. The second-order valence-corrected chi connectivity index (χ2v) is 6.44. The topological polar surface area (TPSA) is 50.5 Å². The summed E-state index contributed by atoms with van der Waals surface area (Å²) in [5.41, 5.74) is 1.20. The third-order valence-electron chi connectivity index (χ3n) is 4.41. The Bertz CT molecular complexity index is 646. The molecule has 2 aromatic rings. The van der Waals surface area contributed by atoms with Gasteiger partial charge in [0.05, 0.1) is 11.2 Å². The summed E-state index contributed by atoms with van der Waals surface area (Å²) in [5, 5.41) is 14.5. The molecule has 1 fully saturated rings. The molecule has 0 radical (unpaired) electrons. The van der Waals surface area contributed by atoms with Crippen molar-refractivity contribution in [3.8, 4) is 5.75 Å². The van der Waals surface area contributed by atoms with Crippen molar-refractivity contribution in [2.24, 2.45) is 13.0 Å². The van der Waals surface area contributed by atoms with E-state index in [0.29, 0.717) is 17.5 Å². The predicted molar refractivity (Wildman–Crippen MR) is 89.9 cm³/mol. The quantitative estimate of drug-likeness (QED) is 0.879. The Hall–Kier alpha value is -1.56. The number of aryl methyl sites for hydroxylation is 1. The van der Waals surface area contributed by atoms with E-state index in [4.69, 9.17) is 16.3 Å². The van der Waals surface area contributed by atoms with Crippen LogP contribution in [0.3, 0.4) is 0 Å². The van der Waals surface area contributed by atoms with Crippen molar-refractivity contribution in [2.45, 2.75) is 5.92 Å². The Morgan fingerprint density at radius 2 is 2.17 bits per heavy atom. The number of para-hydroxylation sites is 1. The predicted octanol–water partition coefficient (Wildman–Crippen LogP) is 2.16. The molecule has 23 heavy (non-hydrogen) atoms. The number of rotatable bonds is 6. The number of halogens is 1. The van der Waals surface area contributed by atoms with E-state index in [1.54, 1.807) is 0 Å². The fourth-order valence-corrected chi connectivity index (χ4v) is 3.37. The van der Waals surface area contributed by atoms with Crippen molar-refractivity contribution in [3.05, 3.63) is 47.2 Å². The number of hydrogen-bond acceptors (Lipinski definition) is 4. The molecule has 1 aliphatic heterocycles. The Morgan fingerprint density at radius 1 is 1.35 bits per heavy atom. The first-order valence-corrected chi connectivity index (χ1v) is 8.24. The van der Waals surface area contributed by atoms with Gasteiger partial charge in [-0.1, -0.05) is 23.7 Å². The zero-order chi connectivity index (χ0) is 16.2. The Kier molecular flexibility index (Phi) is 5.20. The molecule has 5 nitrogen and oxygen atoms in total. The van der Waals surface area contributed by atoms with Gasteiger partial charge < -0.3 is 9.84 Å². The van der Waals surface area contributed by atoms with Crippen LogP contribution >= 0.6 is 11.6 Å². The van der Waals surface area contributed by atoms with E-state index >= 15 is 0 Å². The number of hydrogen-bond donors (Lipinski definition) is 1. The lowest BCUT2D eigenvalue weighted by Gasteiger charge is -2.16. The van der Waals surface area contributed by atoms with Crippen LogP contribution in [0.2, 0.25) is 5.02 Å². The van der Waals surface area contributed by atoms with Gasteiger partial charge in [0, 0.05) is 51.3 Å². The summed E-state index contributed by atoms with van der Waals surface area (Å²) in [5.74, 6) is 1.30. The molecule has 0 unspecified atom stereocenters. The first-order valence-electron chi connectivity index (χ1n) is 7.86. The van der Waals surface area contributed by atoms with E-state index in [0.717, 1.165) is 25.4 Å². The highest BCUT2D eigenvalue weighted by atomic mass is 35.5. The van der Waals surface area contributed by atoms with Gasteiger partial charge in [0.25, 0.3) is 0 Å². The van der Waals surface area contributed by atoms with Gasteiger partial charge in [0.15, 0.2) is 0 Å². The Labute approximate surface area is 141 Å². The molecule has 1 aromatic heterocycles. The zero-order valence-corrected chi connectivity index (χ0v) is 14.0. The molecule has 2 heterocycles. The summed E-state index contributed by atoms with van der Waals surface area (Å²) in [7, 11) is 1.92. The van der Waals surface area contributed by atoms with Crippen LogP contribution in [0.5, 0.6) is 5.75 Å². The van der Waals surface area contributed by atoms with Crippen molar-refractivity contribution in [3.63, 3.8) is 0 Å². The number of ether oxygens (including phenoxy) is 1. The third-order valence-corrected chi connectivity index (χ3v) is 4.72. The normalized spacial score (nSPS) is 21.7. The molecular weight excluding hydrogens is 314 g/mol. The molecular formula is C17H22ClN3O2. The molecule has 0 spiro atoms. The monoisotopic (exact) mass is 335 g/mol. The molecule has 2 atom stereocenters. The number of benzene rings is 1. The van der Waals surface area contributed by atoms with Crippen LogP contribution in [0.15, 0.2) is 36.7 Å². The second-order valence-electron chi connectivity index (χ2n) is 6.03. The van der Waals surface area contributed by atoms with Gasteiger partial charge in [-0.05, 0) is 17.7 Å². The number of aliphatic hydroxyl groups excluding tert-OH is 1. The molecule has 124 valence electrons. The maximum Gasteiger partial charge on any atom is 0.137 e. The highest BCUT2D eigenvalue weighted by Gasteiger charge is 2.33. The number of aliphatic hydroxyl groups is 1. The van der Waals surface area contributed by atoms with Gasteiger partial charge in [-0.2, -0.15) is 5.10 Å². The summed E-state index contributed by atoms with van der Waals surface area (Å²) >= 11 is 6.09. The van der Waals surface area contributed by atoms with Crippen LogP contribution in [-0.4, -0.2) is 52.6 Å². The lowest BCUT2D eigenvalue weighted by atomic mass is 9.92. The maximum atomic E-state index is 9.66. The van der Waals surface area contributed by atoms with Gasteiger partial charge in [-0.3, -0.25) is 9.58 Å². The Balaban J connectivity index is 1.54. The average molecular weight is 336 g/mol. The van der Waals surface area contributed by atoms with E-state index in [2.05, 4.69) is 10.00 Å². The van der Waals surface area contributed by atoms with Gasteiger partial charge in [-0.25, -0.2) is 0 Å². The molecule has 0 amide bonds. The van der Waals surface area contributed by atoms with E-state index in [1.807, 2.05) is 48.4 Å². The Morgan fingerprint density at radius 3 is 2.87 bits per heavy atom. The zero-order valence-electron chi connectivity index (χ0n) is 13.2. The first-order chi connectivity index (χ1) is 11.2. The van der Waals surface area contributed by atoms with Gasteiger partial charge in [0.1, 0.15) is 12.4 Å². The van der Waals surface area contributed by atoms with E-state index in [1.165, 1.54) is 5.56 Å². The highest BCUT2D eigenvalue weighted by molar-refractivity contribution is 6.32. The van der Waals surface area contributed by atoms with Gasteiger partial charge in [-0.15, -0.1) is 0 Å². The highest BCUT2D eigenvalue weighted by Crippen LogP contribution is 2.32. The summed E-state index contributed by atoms with van der Waals surface area (Å²) in [4.78, 5) is 2.33. The van der Waals surface area contributed by atoms with Crippen molar-refractivity contribution in [1.82, 2.24) is 14.7 Å². The first kappa shape index (κ1) is 16.3. The molecule has 0 aliphatic carbocycles. The van der Waals surface area contributed by atoms with E-state index < -0.39 is 0 Å². The molecule has 1 N–H and O–H groups in total. The minimum Gasteiger partial charge on any atom is -0.491 e. The molecule has 1 saturated heterocycles. The van der Waals surface area contributed by atoms with Crippen molar-refractivity contribution in [2.75, 3.05) is 32.8 Å². The minimum absolute atomic E-state index is 0.196. The molecule has 1 aromatic carbocycles. The lowest BCUT2D eigenvalue weighted by molar-refractivity contribution is 0.202. The van der Waals surface area contributed by atoms with Crippen LogP contribution in [-0.2, 0) is 7.05 Å². The van der Waals surface area contributed by atoms with Gasteiger partial charge >= 0.3 is 0 Å². The van der Waals surface area contributed by atoms with Crippen LogP contribution in [0.25, 0.3) is 0 Å². The van der Waals surface area contributed by atoms with Crippen molar-refractivity contribution in [1.29, 1.82) is 0 Å². The molecule has 0 bridgehead atoms. The van der Waals surface area contributed by atoms with Gasteiger partial charge in [0.2, 0.25) is 0 Å². The molecule has 1 aliphatic rings. The maximum absolute atomic E-state index is 9.66. The minimum atomic E-state index is 0.196. The fourth-order valence-electron chi connectivity index (χ4n) is 3.18. The van der Waals surface area contributed by atoms with Crippen LogP contribution < -0.4 is 4.74 Å². The largest absolute Gasteiger partial charge is 0.491 e. The summed E-state index contributed by atoms with van der Waals surface area (Å²) in [6.07, 6.45) is 3.94. The second kappa shape index (κ2) is 7.34. The summed E-state index contributed by atoms with van der Waals surface area (Å²) in [6, 6.07) is 7.51. The van der Waals surface area contributed by atoms with Crippen molar-refractivity contribution >= 4 is 11.6 Å². The summed E-state index contributed by atoms with van der Waals surface area (Å²) < 4.78 is 7.57. The third kappa shape index (κ3) is 3.86. The SMILES string of the molecule is Cn1cc([C@@H]2CN(CCOc3ccccc3Cl)C[C@H]2CO)cn1. The smallest absolute Gasteiger partial charge is 0.137 e. The average Bonchev–Trinajstić information content (AvgIpc) is 3.15. The van der Waals surface area contributed by atoms with E-state index in [9.17, 15) is 5.11 Å².